The second kappa shape index (κ2) is 7.79. The summed E-state index contributed by atoms with van der Waals surface area (Å²) in [4.78, 5) is 31.5. The predicted octanol–water partition coefficient (Wildman–Crippen LogP) is 3.65. The lowest BCUT2D eigenvalue weighted by molar-refractivity contribution is 0.0750. The Morgan fingerprint density at radius 3 is 2.19 bits per heavy atom. The summed E-state index contributed by atoms with van der Waals surface area (Å²) in [6.45, 7) is 7.64. The second-order valence-electron chi connectivity index (χ2n) is 7.90. The lowest BCUT2D eigenvalue weighted by Gasteiger charge is -2.29. The fourth-order valence-corrected chi connectivity index (χ4v) is 4.30. The SMILES string of the molecule is Cc1cc(C)c2c(N3CCCCC3)nc(C(=O)N3CCCCCC3)nc2n1. The molecule has 4 rings (SSSR count). The lowest BCUT2D eigenvalue weighted by Crippen LogP contribution is -2.35. The highest BCUT2D eigenvalue weighted by Crippen LogP contribution is 2.29. The minimum Gasteiger partial charge on any atom is -0.356 e. The molecule has 27 heavy (non-hydrogen) atoms. The van der Waals surface area contributed by atoms with Crippen LogP contribution in [0.4, 0.5) is 5.82 Å². The van der Waals surface area contributed by atoms with Gasteiger partial charge in [0.15, 0.2) is 5.65 Å². The maximum absolute atomic E-state index is 13.2. The predicted molar refractivity (Wildman–Crippen MR) is 107 cm³/mol. The van der Waals surface area contributed by atoms with Crippen molar-refractivity contribution in [2.24, 2.45) is 0 Å². The maximum Gasteiger partial charge on any atom is 0.291 e. The molecule has 2 aromatic heterocycles. The topological polar surface area (TPSA) is 62.2 Å². The van der Waals surface area contributed by atoms with E-state index in [1.807, 2.05) is 11.8 Å². The number of aryl methyl sites for hydroxylation is 2. The third-order valence-corrected chi connectivity index (χ3v) is 5.71. The fraction of sp³-hybridized carbons (Fsp3) is 0.619. The van der Waals surface area contributed by atoms with Crippen LogP contribution in [0.15, 0.2) is 6.07 Å². The van der Waals surface area contributed by atoms with Crippen LogP contribution in [0.3, 0.4) is 0 Å². The Balaban J connectivity index is 1.80. The number of aromatic nitrogens is 3. The molecule has 2 aliphatic rings. The van der Waals surface area contributed by atoms with E-state index in [2.05, 4.69) is 27.9 Å². The molecular weight excluding hydrogens is 338 g/mol. The van der Waals surface area contributed by atoms with Crippen LogP contribution < -0.4 is 4.90 Å². The van der Waals surface area contributed by atoms with Crippen LogP contribution in [0, 0.1) is 13.8 Å². The lowest BCUT2D eigenvalue weighted by atomic mass is 10.1. The van der Waals surface area contributed by atoms with Crippen molar-refractivity contribution < 1.29 is 4.79 Å². The number of carbonyl (C=O) groups is 1. The highest BCUT2D eigenvalue weighted by atomic mass is 16.2. The van der Waals surface area contributed by atoms with Gasteiger partial charge in [0.05, 0.1) is 5.39 Å². The molecule has 0 aliphatic carbocycles. The summed E-state index contributed by atoms with van der Waals surface area (Å²) in [5.74, 6) is 1.16. The molecule has 2 aliphatic heterocycles. The van der Waals surface area contributed by atoms with Crippen molar-refractivity contribution >= 4 is 22.8 Å². The largest absolute Gasteiger partial charge is 0.356 e. The van der Waals surface area contributed by atoms with E-state index >= 15 is 0 Å². The van der Waals surface area contributed by atoms with Crippen LogP contribution in [-0.2, 0) is 0 Å². The first-order chi connectivity index (χ1) is 13.1. The number of piperidine rings is 1. The number of nitrogens with zero attached hydrogens (tertiary/aromatic N) is 5. The van der Waals surface area contributed by atoms with Crippen LogP contribution in [-0.4, -0.2) is 51.9 Å². The molecule has 2 saturated heterocycles. The molecule has 0 aromatic carbocycles. The van der Waals surface area contributed by atoms with E-state index in [0.29, 0.717) is 11.5 Å². The molecule has 4 heterocycles. The molecule has 0 N–H and O–H groups in total. The first kappa shape index (κ1) is 18.1. The molecule has 144 valence electrons. The van der Waals surface area contributed by atoms with E-state index in [0.717, 1.165) is 61.5 Å². The van der Waals surface area contributed by atoms with Gasteiger partial charge in [-0.1, -0.05) is 12.8 Å². The third kappa shape index (κ3) is 3.75. The Labute approximate surface area is 161 Å². The number of amides is 1. The van der Waals surface area contributed by atoms with Gasteiger partial charge in [-0.15, -0.1) is 0 Å². The Morgan fingerprint density at radius 1 is 0.852 bits per heavy atom. The van der Waals surface area contributed by atoms with Crippen molar-refractivity contribution in [2.45, 2.75) is 58.8 Å². The second-order valence-corrected chi connectivity index (χ2v) is 7.90. The van der Waals surface area contributed by atoms with E-state index in [4.69, 9.17) is 4.98 Å². The first-order valence-electron chi connectivity index (χ1n) is 10.3. The number of likely N-dealkylation sites (tertiary alicyclic amines) is 1. The highest BCUT2D eigenvalue weighted by molar-refractivity contribution is 5.96. The minimum atomic E-state index is -0.0435. The van der Waals surface area contributed by atoms with Gasteiger partial charge >= 0.3 is 0 Å². The van der Waals surface area contributed by atoms with E-state index in [1.54, 1.807) is 0 Å². The minimum absolute atomic E-state index is 0.0435. The van der Waals surface area contributed by atoms with Crippen molar-refractivity contribution in [1.82, 2.24) is 19.9 Å². The molecule has 0 saturated carbocycles. The summed E-state index contributed by atoms with van der Waals surface area (Å²) in [7, 11) is 0. The van der Waals surface area contributed by atoms with Gasteiger partial charge < -0.3 is 9.80 Å². The molecule has 2 fully saturated rings. The maximum atomic E-state index is 13.2. The van der Waals surface area contributed by atoms with E-state index < -0.39 is 0 Å². The number of fused-ring (bicyclic) bond motifs is 1. The van der Waals surface area contributed by atoms with Crippen molar-refractivity contribution in [2.75, 3.05) is 31.1 Å². The summed E-state index contributed by atoms with van der Waals surface area (Å²) < 4.78 is 0. The average Bonchev–Trinajstić information content (AvgIpc) is 2.96. The van der Waals surface area contributed by atoms with Gasteiger partial charge in [-0.05, 0) is 57.6 Å². The number of hydrogen-bond acceptors (Lipinski definition) is 5. The molecule has 2 aromatic rings. The molecule has 0 atom stereocenters. The Kier molecular flexibility index (Phi) is 5.23. The van der Waals surface area contributed by atoms with Gasteiger partial charge in [0.1, 0.15) is 5.82 Å². The standard InChI is InChI=1S/C21H29N5O/c1-15-14-16(2)22-18-17(15)20(25-10-8-5-9-11-25)24-19(23-18)21(27)26-12-6-3-4-7-13-26/h14H,3-13H2,1-2H3. The zero-order chi connectivity index (χ0) is 18.8. The molecule has 6 heteroatoms. The molecule has 0 bridgehead atoms. The quantitative estimate of drug-likeness (QED) is 0.811. The van der Waals surface area contributed by atoms with Crippen molar-refractivity contribution in [1.29, 1.82) is 0 Å². The van der Waals surface area contributed by atoms with E-state index in [1.165, 1.54) is 32.1 Å². The molecular formula is C21H29N5O. The van der Waals surface area contributed by atoms with Gasteiger partial charge in [-0.25, -0.2) is 15.0 Å². The molecule has 0 radical (unpaired) electrons. The van der Waals surface area contributed by atoms with Gasteiger partial charge in [-0.3, -0.25) is 4.79 Å². The zero-order valence-electron chi connectivity index (χ0n) is 16.5. The smallest absolute Gasteiger partial charge is 0.291 e. The van der Waals surface area contributed by atoms with E-state index in [-0.39, 0.29) is 5.91 Å². The van der Waals surface area contributed by atoms with Crippen molar-refractivity contribution in [3.05, 3.63) is 23.1 Å². The number of carbonyl (C=O) groups excluding carboxylic acids is 1. The number of hydrogen-bond donors (Lipinski definition) is 0. The Hall–Kier alpha value is -2.24. The van der Waals surface area contributed by atoms with Crippen molar-refractivity contribution in [3.63, 3.8) is 0 Å². The number of rotatable bonds is 2. The summed E-state index contributed by atoms with van der Waals surface area (Å²) >= 11 is 0. The van der Waals surface area contributed by atoms with Crippen LogP contribution in [0.5, 0.6) is 0 Å². The molecule has 0 unspecified atom stereocenters. The Bertz CT molecular complexity index is 836. The van der Waals surface area contributed by atoms with Crippen LogP contribution in [0.1, 0.15) is 66.8 Å². The summed E-state index contributed by atoms with van der Waals surface area (Å²) in [6.07, 6.45) is 8.11. The molecule has 6 nitrogen and oxygen atoms in total. The van der Waals surface area contributed by atoms with Gasteiger partial charge in [-0.2, -0.15) is 0 Å². The summed E-state index contributed by atoms with van der Waals surface area (Å²) in [6, 6.07) is 2.08. The fourth-order valence-electron chi connectivity index (χ4n) is 4.30. The summed E-state index contributed by atoms with van der Waals surface area (Å²) in [5, 5.41) is 0.995. The van der Waals surface area contributed by atoms with Gasteiger partial charge in [0.2, 0.25) is 5.82 Å². The van der Waals surface area contributed by atoms with Gasteiger partial charge in [0, 0.05) is 31.9 Å². The van der Waals surface area contributed by atoms with E-state index in [9.17, 15) is 4.79 Å². The highest BCUT2D eigenvalue weighted by Gasteiger charge is 2.25. The summed E-state index contributed by atoms with van der Waals surface area (Å²) in [5.41, 5.74) is 2.71. The molecule has 0 spiro atoms. The monoisotopic (exact) mass is 367 g/mol. The average molecular weight is 367 g/mol. The number of anilines is 1. The van der Waals surface area contributed by atoms with Gasteiger partial charge in [0.25, 0.3) is 5.91 Å². The number of pyridine rings is 1. The zero-order valence-corrected chi connectivity index (χ0v) is 16.5. The van der Waals surface area contributed by atoms with Crippen molar-refractivity contribution in [3.8, 4) is 0 Å². The first-order valence-corrected chi connectivity index (χ1v) is 10.3. The van der Waals surface area contributed by atoms with Crippen LogP contribution >= 0.6 is 0 Å². The Morgan fingerprint density at radius 2 is 1.48 bits per heavy atom. The normalized spacial score (nSPS) is 18.6. The van der Waals surface area contributed by atoms with Crippen LogP contribution in [0.2, 0.25) is 0 Å². The third-order valence-electron chi connectivity index (χ3n) is 5.71. The molecule has 1 amide bonds. The van der Waals surface area contributed by atoms with Crippen LogP contribution in [0.25, 0.3) is 11.0 Å².